The fraction of sp³-hybridized carbons (Fsp3) is 0.429. The average Bonchev–Trinajstić information content (AvgIpc) is 3.22. The lowest BCUT2D eigenvalue weighted by Crippen LogP contribution is -2.48. The fourth-order valence-electron chi connectivity index (χ4n) is 1.83. The summed E-state index contributed by atoms with van der Waals surface area (Å²) in [5.74, 6) is -0.325. The number of nitrogens with zero attached hydrogens (tertiary/aromatic N) is 1. The quantitative estimate of drug-likeness (QED) is 0.771. The van der Waals surface area contributed by atoms with Crippen molar-refractivity contribution in [2.24, 2.45) is 0 Å². The summed E-state index contributed by atoms with van der Waals surface area (Å²) in [5, 5.41) is 2.75. The van der Waals surface area contributed by atoms with Crippen LogP contribution in [0.2, 0.25) is 0 Å². The van der Waals surface area contributed by atoms with E-state index in [0.717, 1.165) is 5.56 Å². The molecule has 0 unspecified atom stereocenters. The Labute approximate surface area is 112 Å². The molecule has 0 aliphatic carbocycles. The first-order chi connectivity index (χ1) is 9.08. The zero-order chi connectivity index (χ0) is 13.8. The maximum atomic E-state index is 12.1. The van der Waals surface area contributed by atoms with E-state index < -0.39 is 6.04 Å². The molecule has 2 atom stereocenters. The van der Waals surface area contributed by atoms with Gasteiger partial charge in [0.15, 0.2) is 6.10 Å². The zero-order valence-corrected chi connectivity index (χ0v) is 11.1. The van der Waals surface area contributed by atoms with Gasteiger partial charge in [-0.25, -0.2) is 0 Å². The van der Waals surface area contributed by atoms with Crippen LogP contribution in [-0.4, -0.2) is 49.6 Å². The van der Waals surface area contributed by atoms with E-state index in [1.807, 2.05) is 30.3 Å². The van der Waals surface area contributed by atoms with Crippen LogP contribution in [0.25, 0.3) is 0 Å². The van der Waals surface area contributed by atoms with E-state index in [0.29, 0.717) is 13.0 Å². The van der Waals surface area contributed by atoms with Gasteiger partial charge >= 0.3 is 0 Å². The summed E-state index contributed by atoms with van der Waals surface area (Å²) in [7, 11) is 3.36. The van der Waals surface area contributed by atoms with Gasteiger partial charge in [-0.05, 0) is 5.56 Å². The lowest BCUT2D eigenvalue weighted by molar-refractivity contribution is -0.134. The van der Waals surface area contributed by atoms with Crippen LogP contribution in [0.5, 0.6) is 0 Å². The van der Waals surface area contributed by atoms with Gasteiger partial charge in [0.25, 0.3) is 5.91 Å². The van der Waals surface area contributed by atoms with Gasteiger partial charge in [-0.1, -0.05) is 30.3 Å². The fourth-order valence-corrected chi connectivity index (χ4v) is 1.83. The monoisotopic (exact) mass is 262 g/mol. The molecule has 0 bridgehead atoms. The summed E-state index contributed by atoms with van der Waals surface area (Å²) in [5.41, 5.74) is 1.01. The van der Waals surface area contributed by atoms with Gasteiger partial charge < -0.3 is 15.0 Å². The van der Waals surface area contributed by atoms with E-state index in [1.54, 1.807) is 14.1 Å². The molecular weight excluding hydrogens is 244 g/mol. The number of ether oxygens (including phenoxy) is 1. The van der Waals surface area contributed by atoms with Crippen molar-refractivity contribution in [3.8, 4) is 0 Å². The topological polar surface area (TPSA) is 61.9 Å². The van der Waals surface area contributed by atoms with Crippen LogP contribution < -0.4 is 5.32 Å². The van der Waals surface area contributed by atoms with E-state index in [4.69, 9.17) is 4.74 Å². The second-order valence-electron chi connectivity index (χ2n) is 4.81. The number of hydrogen-bond donors (Lipinski definition) is 1. The maximum Gasteiger partial charge on any atom is 0.252 e. The molecule has 1 fully saturated rings. The minimum absolute atomic E-state index is 0.113. The van der Waals surface area contributed by atoms with Gasteiger partial charge in [-0.3, -0.25) is 9.59 Å². The highest BCUT2D eigenvalue weighted by molar-refractivity contribution is 5.90. The summed E-state index contributed by atoms with van der Waals surface area (Å²) in [6, 6.07) is 9.08. The first kappa shape index (κ1) is 13.5. The van der Waals surface area contributed by atoms with Crippen molar-refractivity contribution in [1.29, 1.82) is 0 Å². The molecule has 1 heterocycles. The molecule has 0 radical (unpaired) electrons. The number of carbonyl (C=O) groups is 2. The van der Waals surface area contributed by atoms with Crippen LogP contribution >= 0.6 is 0 Å². The van der Waals surface area contributed by atoms with Crippen LogP contribution in [0.3, 0.4) is 0 Å². The number of amides is 2. The Balaban J connectivity index is 2.04. The number of benzene rings is 1. The van der Waals surface area contributed by atoms with E-state index >= 15 is 0 Å². The number of nitrogens with one attached hydrogen (secondary N) is 1. The lowest BCUT2D eigenvalue weighted by Gasteiger charge is -2.21. The molecule has 2 rings (SSSR count). The van der Waals surface area contributed by atoms with E-state index in [-0.39, 0.29) is 17.9 Å². The molecule has 1 saturated heterocycles. The molecule has 5 heteroatoms. The van der Waals surface area contributed by atoms with Gasteiger partial charge in [-0.2, -0.15) is 0 Å². The van der Waals surface area contributed by atoms with Crippen molar-refractivity contribution in [3.05, 3.63) is 35.9 Å². The molecular formula is C14H18N2O3. The Morgan fingerprint density at radius 2 is 2.00 bits per heavy atom. The second-order valence-corrected chi connectivity index (χ2v) is 4.81. The predicted octanol–water partition coefficient (Wildman–Crippen LogP) is 0.201. The Bertz CT molecular complexity index is 455. The summed E-state index contributed by atoms with van der Waals surface area (Å²) in [4.78, 5) is 25.3. The summed E-state index contributed by atoms with van der Waals surface area (Å²) in [6.07, 6.45) is 0.101. The van der Waals surface area contributed by atoms with Crippen LogP contribution in [0.15, 0.2) is 30.3 Å². The molecule has 0 spiro atoms. The predicted molar refractivity (Wildman–Crippen MR) is 70.5 cm³/mol. The molecule has 1 aliphatic heterocycles. The minimum atomic E-state index is -0.547. The molecule has 5 nitrogen and oxygen atoms in total. The van der Waals surface area contributed by atoms with Crippen molar-refractivity contribution < 1.29 is 14.3 Å². The second kappa shape index (κ2) is 5.84. The average molecular weight is 262 g/mol. The van der Waals surface area contributed by atoms with Crippen LogP contribution in [0.4, 0.5) is 0 Å². The first-order valence-electron chi connectivity index (χ1n) is 6.25. The van der Waals surface area contributed by atoms with Crippen LogP contribution in [0, 0.1) is 0 Å². The molecule has 0 aromatic heterocycles. The highest BCUT2D eigenvalue weighted by atomic mass is 16.6. The largest absolute Gasteiger partial charge is 0.363 e. The van der Waals surface area contributed by atoms with Gasteiger partial charge in [-0.15, -0.1) is 0 Å². The number of rotatable bonds is 5. The summed E-state index contributed by atoms with van der Waals surface area (Å²) in [6.45, 7) is 0.444. The Morgan fingerprint density at radius 1 is 1.37 bits per heavy atom. The Kier molecular flexibility index (Phi) is 4.16. The highest BCUT2D eigenvalue weighted by Crippen LogP contribution is 2.11. The molecule has 19 heavy (non-hydrogen) atoms. The summed E-state index contributed by atoms with van der Waals surface area (Å²) >= 11 is 0. The molecule has 1 aromatic carbocycles. The SMILES string of the molecule is CN(C)C(=O)[C@H](Cc1ccccc1)NC(=O)[C@@H]1CO1. The number of hydrogen-bond acceptors (Lipinski definition) is 3. The Hall–Kier alpha value is -1.88. The maximum absolute atomic E-state index is 12.1. The third kappa shape index (κ3) is 3.79. The van der Waals surface area contributed by atoms with Crippen molar-refractivity contribution in [1.82, 2.24) is 10.2 Å². The van der Waals surface area contributed by atoms with E-state index in [9.17, 15) is 9.59 Å². The summed E-state index contributed by atoms with van der Waals surface area (Å²) < 4.78 is 4.92. The minimum Gasteiger partial charge on any atom is -0.363 e. The standard InChI is InChI=1S/C14H18N2O3/c1-16(2)14(18)11(15-13(17)12-9-19-12)8-10-6-4-3-5-7-10/h3-7,11-12H,8-9H2,1-2H3,(H,15,17)/t11-,12-/m0/s1. The van der Waals surface area contributed by atoms with E-state index in [1.165, 1.54) is 4.90 Å². The third-order valence-corrected chi connectivity index (χ3v) is 2.96. The van der Waals surface area contributed by atoms with Crippen LogP contribution in [-0.2, 0) is 20.7 Å². The molecule has 102 valence electrons. The third-order valence-electron chi connectivity index (χ3n) is 2.96. The number of likely N-dealkylation sites (N-methyl/N-ethyl adjacent to an activating group) is 1. The first-order valence-corrected chi connectivity index (χ1v) is 6.25. The molecule has 1 aromatic rings. The van der Waals surface area contributed by atoms with Crippen molar-refractivity contribution in [2.45, 2.75) is 18.6 Å². The lowest BCUT2D eigenvalue weighted by atomic mass is 10.0. The van der Waals surface area contributed by atoms with Gasteiger partial charge in [0.1, 0.15) is 6.04 Å². The van der Waals surface area contributed by atoms with Crippen molar-refractivity contribution in [2.75, 3.05) is 20.7 Å². The van der Waals surface area contributed by atoms with Crippen LogP contribution in [0.1, 0.15) is 5.56 Å². The molecule has 1 N–H and O–H groups in total. The number of carbonyl (C=O) groups excluding carboxylic acids is 2. The molecule has 0 saturated carbocycles. The normalized spacial score (nSPS) is 18.5. The van der Waals surface area contributed by atoms with Gasteiger partial charge in [0.2, 0.25) is 5.91 Å². The van der Waals surface area contributed by atoms with Gasteiger partial charge in [0.05, 0.1) is 6.61 Å². The van der Waals surface area contributed by atoms with Crippen molar-refractivity contribution in [3.63, 3.8) is 0 Å². The molecule has 2 amide bonds. The zero-order valence-electron chi connectivity index (χ0n) is 11.1. The van der Waals surface area contributed by atoms with E-state index in [2.05, 4.69) is 5.32 Å². The van der Waals surface area contributed by atoms with Crippen molar-refractivity contribution >= 4 is 11.8 Å². The number of epoxide rings is 1. The highest BCUT2D eigenvalue weighted by Gasteiger charge is 2.34. The molecule has 1 aliphatic rings. The van der Waals surface area contributed by atoms with Gasteiger partial charge in [0, 0.05) is 20.5 Å². The smallest absolute Gasteiger partial charge is 0.252 e. The Morgan fingerprint density at radius 3 is 2.53 bits per heavy atom.